The van der Waals surface area contributed by atoms with Gasteiger partial charge < -0.3 is 14.8 Å². The molecule has 0 atom stereocenters. The van der Waals surface area contributed by atoms with E-state index >= 15 is 0 Å². The molecule has 118 valence electrons. The topological polar surface area (TPSA) is 118 Å². The van der Waals surface area contributed by atoms with Gasteiger partial charge in [0.15, 0.2) is 0 Å². The van der Waals surface area contributed by atoms with E-state index in [0.29, 0.717) is 12.4 Å². The van der Waals surface area contributed by atoms with E-state index in [2.05, 4.69) is 16.5 Å². The second kappa shape index (κ2) is 7.03. The van der Waals surface area contributed by atoms with Crippen LogP contribution < -0.4 is 10.3 Å². The maximum atomic E-state index is 11.5. The van der Waals surface area contributed by atoms with Crippen LogP contribution in [0.2, 0.25) is 0 Å². The van der Waals surface area contributed by atoms with E-state index < -0.39 is 22.0 Å². The van der Waals surface area contributed by atoms with Gasteiger partial charge in [-0.2, -0.15) is 4.98 Å². The molecule has 0 saturated heterocycles. The summed E-state index contributed by atoms with van der Waals surface area (Å²) < 4.78 is 5.34. The third-order valence-electron chi connectivity index (χ3n) is 2.76. The van der Waals surface area contributed by atoms with Gasteiger partial charge >= 0.3 is 11.2 Å². The standard InChI is InChI=1S/C15H13N3O5/c1-2-9-23-11-6-3-10(4-7-11)5-8-12-16-14(19)13(18(21)22)15(20)17-12/h2-8H,1,9H2,(H2,16,17,19,20)/b8-5-. The van der Waals surface area contributed by atoms with Crippen molar-refractivity contribution in [2.75, 3.05) is 6.61 Å². The van der Waals surface area contributed by atoms with Crippen LogP contribution in [-0.2, 0) is 0 Å². The Morgan fingerprint density at radius 3 is 2.61 bits per heavy atom. The molecule has 1 aromatic heterocycles. The van der Waals surface area contributed by atoms with E-state index in [1.807, 2.05) is 0 Å². The predicted octanol–water partition coefficient (Wildman–Crippen LogP) is 2.12. The fourth-order valence-electron chi connectivity index (χ4n) is 1.72. The monoisotopic (exact) mass is 315 g/mol. The molecule has 8 heteroatoms. The summed E-state index contributed by atoms with van der Waals surface area (Å²) in [7, 11) is 0. The summed E-state index contributed by atoms with van der Waals surface area (Å²) in [5.74, 6) is -0.238. The first-order chi connectivity index (χ1) is 11.0. The molecule has 0 aliphatic rings. The Kier molecular flexibility index (Phi) is 4.88. The molecule has 0 fully saturated rings. The number of nitro groups is 1. The van der Waals surface area contributed by atoms with Gasteiger partial charge in [0.1, 0.15) is 18.2 Å². The van der Waals surface area contributed by atoms with Crippen molar-refractivity contribution in [3.8, 4) is 11.6 Å². The second-order valence-corrected chi connectivity index (χ2v) is 4.38. The fourth-order valence-corrected chi connectivity index (χ4v) is 1.72. The van der Waals surface area contributed by atoms with Crippen LogP contribution in [0.4, 0.5) is 5.69 Å². The van der Waals surface area contributed by atoms with Crippen LogP contribution in [-0.4, -0.2) is 26.6 Å². The molecule has 2 aromatic rings. The van der Waals surface area contributed by atoms with Gasteiger partial charge in [0, 0.05) is 0 Å². The van der Waals surface area contributed by atoms with E-state index in [-0.39, 0.29) is 5.82 Å². The van der Waals surface area contributed by atoms with Crippen LogP contribution in [0.5, 0.6) is 11.6 Å². The van der Waals surface area contributed by atoms with E-state index in [1.165, 1.54) is 6.08 Å². The summed E-state index contributed by atoms with van der Waals surface area (Å²) >= 11 is 0. The summed E-state index contributed by atoms with van der Waals surface area (Å²) in [6, 6.07) is 7.07. The minimum Gasteiger partial charge on any atom is -0.490 e. The minimum absolute atomic E-state index is 0.00471. The van der Waals surface area contributed by atoms with Crippen molar-refractivity contribution < 1.29 is 14.8 Å². The van der Waals surface area contributed by atoms with Crippen molar-refractivity contribution >= 4 is 17.8 Å². The molecule has 1 aromatic carbocycles. The van der Waals surface area contributed by atoms with E-state index in [9.17, 15) is 20.0 Å². The van der Waals surface area contributed by atoms with Crippen LogP contribution in [0.25, 0.3) is 12.2 Å². The highest BCUT2D eigenvalue weighted by molar-refractivity contribution is 5.67. The fraction of sp³-hybridized carbons (Fsp3) is 0.0667. The number of aromatic amines is 1. The molecular weight excluding hydrogens is 302 g/mol. The SMILES string of the molecule is C=CCOc1ccc(/C=C\c2nc(O)c([N+](=O)[O-])c(=O)[nH]2)cc1. The number of aromatic hydroxyl groups is 1. The van der Waals surface area contributed by atoms with Crippen molar-refractivity contribution in [1.29, 1.82) is 0 Å². The lowest BCUT2D eigenvalue weighted by Gasteiger charge is -2.02. The van der Waals surface area contributed by atoms with Crippen LogP contribution in [0.15, 0.2) is 41.7 Å². The zero-order chi connectivity index (χ0) is 16.8. The first kappa shape index (κ1) is 16.0. The van der Waals surface area contributed by atoms with Crippen molar-refractivity contribution in [1.82, 2.24) is 9.97 Å². The first-order valence-corrected chi connectivity index (χ1v) is 6.51. The molecule has 8 nitrogen and oxygen atoms in total. The van der Waals surface area contributed by atoms with E-state index in [0.717, 1.165) is 5.56 Å². The number of hydrogen-bond donors (Lipinski definition) is 2. The molecule has 0 unspecified atom stereocenters. The Morgan fingerprint density at radius 2 is 2.04 bits per heavy atom. The van der Waals surface area contributed by atoms with Crippen molar-refractivity contribution in [3.63, 3.8) is 0 Å². The highest BCUT2D eigenvalue weighted by Gasteiger charge is 2.21. The van der Waals surface area contributed by atoms with Crippen LogP contribution in [0, 0.1) is 10.1 Å². The molecule has 0 bridgehead atoms. The van der Waals surface area contributed by atoms with Gasteiger partial charge in [-0.25, -0.2) is 0 Å². The minimum atomic E-state index is -1.02. The van der Waals surface area contributed by atoms with Gasteiger partial charge in [-0.05, 0) is 23.8 Å². The predicted molar refractivity (Wildman–Crippen MR) is 84.2 cm³/mol. The number of H-pyrrole nitrogens is 1. The second-order valence-electron chi connectivity index (χ2n) is 4.38. The smallest absolute Gasteiger partial charge is 0.395 e. The third kappa shape index (κ3) is 4.03. The average molecular weight is 315 g/mol. The summed E-state index contributed by atoms with van der Waals surface area (Å²) in [4.78, 5) is 26.9. The highest BCUT2D eigenvalue weighted by atomic mass is 16.6. The average Bonchev–Trinajstić information content (AvgIpc) is 2.51. The Hall–Kier alpha value is -3.42. The number of hydrogen-bond acceptors (Lipinski definition) is 6. The molecule has 0 spiro atoms. The highest BCUT2D eigenvalue weighted by Crippen LogP contribution is 2.18. The van der Waals surface area contributed by atoms with Crippen LogP contribution >= 0.6 is 0 Å². The van der Waals surface area contributed by atoms with Gasteiger partial charge in [-0.3, -0.25) is 14.9 Å². The number of ether oxygens (including phenoxy) is 1. The third-order valence-corrected chi connectivity index (χ3v) is 2.76. The molecule has 0 saturated carbocycles. The quantitative estimate of drug-likeness (QED) is 0.479. The lowest BCUT2D eigenvalue weighted by Crippen LogP contribution is -2.14. The normalized spacial score (nSPS) is 10.6. The molecule has 0 radical (unpaired) electrons. The van der Waals surface area contributed by atoms with Crippen molar-refractivity contribution in [2.45, 2.75) is 0 Å². The lowest BCUT2D eigenvalue weighted by molar-refractivity contribution is -0.387. The Balaban J connectivity index is 2.18. The zero-order valence-corrected chi connectivity index (χ0v) is 11.9. The number of nitrogens with zero attached hydrogens (tertiary/aromatic N) is 2. The number of nitrogens with one attached hydrogen (secondary N) is 1. The maximum absolute atomic E-state index is 11.5. The Labute approximate surface area is 130 Å². The summed E-state index contributed by atoms with van der Waals surface area (Å²) in [5, 5.41) is 20.0. The molecule has 2 N–H and O–H groups in total. The largest absolute Gasteiger partial charge is 0.490 e. The van der Waals surface area contributed by atoms with Gasteiger partial charge in [-0.15, -0.1) is 0 Å². The van der Waals surface area contributed by atoms with Gasteiger partial charge in [0.05, 0.1) is 4.92 Å². The van der Waals surface area contributed by atoms with E-state index in [1.54, 1.807) is 36.4 Å². The number of benzene rings is 1. The lowest BCUT2D eigenvalue weighted by atomic mass is 10.2. The Bertz CT molecular complexity index is 809. The molecule has 2 rings (SSSR count). The van der Waals surface area contributed by atoms with Crippen LogP contribution in [0.3, 0.4) is 0 Å². The number of rotatable bonds is 6. The van der Waals surface area contributed by atoms with Crippen molar-refractivity contribution in [2.24, 2.45) is 0 Å². The van der Waals surface area contributed by atoms with Gasteiger partial charge in [0.2, 0.25) is 0 Å². The van der Waals surface area contributed by atoms with Crippen LogP contribution in [0.1, 0.15) is 11.4 Å². The molecule has 23 heavy (non-hydrogen) atoms. The van der Waals surface area contributed by atoms with Crippen molar-refractivity contribution in [3.05, 3.63) is 68.8 Å². The summed E-state index contributed by atoms with van der Waals surface area (Å²) in [6.07, 6.45) is 4.68. The summed E-state index contributed by atoms with van der Waals surface area (Å²) in [6.45, 7) is 3.96. The Morgan fingerprint density at radius 1 is 1.35 bits per heavy atom. The zero-order valence-electron chi connectivity index (χ0n) is 11.9. The molecule has 1 heterocycles. The molecule has 0 aliphatic heterocycles. The van der Waals surface area contributed by atoms with Gasteiger partial charge in [0.25, 0.3) is 5.88 Å². The number of aromatic nitrogens is 2. The molecule has 0 aliphatic carbocycles. The summed E-state index contributed by atoms with van der Waals surface area (Å²) in [5.41, 5.74) is -1.21. The first-order valence-electron chi connectivity index (χ1n) is 6.51. The van der Waals surface area contributed by atoms with Gasteiger partial charge in [-0.1, -0.05) is 30.9 Å². The molecular formula is C15H13N3O5. The maximum Gasteiger partial charge on any atom is 0.395 e. The molecule has 0 amide bonds. The van der Waals surface area contributed by atoms with E-state index in [4.69, 9.17) is 4.74 Å².